The molecular weight excluding hydrogens is 344 g/mol. The van der Waals surface area contributed by atoms with Crippen LogP contribution in [0.1, 0.15) is 17.5 Å². The Balaban J connectivity index is 1.50. The number of cyclic esters (lactones) is 1. The Morgan fingerprint density at radius 1 is 1.11 bits per heavy atom. The average Bonchev–Trinajstić information content (AvgIpc) is 3.06. The standard InChI is InChI=1S/C21H24N2O4/c22-19(11-12-26-14-17-9-5-2-6-10-17)20(24)23-18(15-27-21(23)25)13-16-7-3-1-4-8-16/h1-10,18-19H,11-15,22H2/t18-,19-/m1/s1. The van der Waals surface area contributed by atoms with Crippen LogP contribution in [0.15, 0.2) is 60.7 Å². The van der Waals surface area contributed by atoms with Gasteiger partial charge in [0.2, 0.25) is 5.91 Å². The van der Waals surface area contributed by atoms with E-state index in [1.807, 2.05) is 60.7 Å². The fraction of sp³-hybridized carbons (Fsp3) is 0.333. The number of nitrogens with zero attached hydrogens (tertiary/aromatic N) is 1. The molecule has 3 rings (SSSR count). The maximum Gasteiger partial charge on any atom is 0.417 e. The van der Waals surface area contributed by atoms with E-state index in [0.717, 1.165) is 16.0 Å². The number of amides is 2. The van der Waals surface area contributed by atoms with E-state index in [4.69, 9.17) is 15.2 Å². The second-order valence-electron chi connectivity index (χ2n) is 6.56. The van der Waals surface area contributed by atoms with Gasteiger partial charge in [-0.1, -0.05) is 60.7 Å². The van der Waals surface area contributed by atoms with Crippen LogP contribution in [0.25, 0.3) is 0 Å². The van der Waals surface area contributed by atoms with Gasteiger partial charge in [0.15, 0.2) is 0 Å². The molecule has 1 saturated heterocycles. The van der Waals surface area contributed by atoms with Crippen LogP contribution in [0, 0.1) is 0 Å². The molecule has 2 amide bonds. The highest BCUT2D eigenvalue weighted by atomic mass is 16.6. The molecule has 142 valence electrons. The minimum atomic E-state index is -0.801. The highest BCUT2D eigenvalue weighted by molar-refractivity contribution is 5.96. The number of rotatable bonds is 8. The van der Waals surface area contributed by atoms with Gasteiger partial charge < -0.3 is 15.2 Å². The SMILES string of the molecule is N[C@H](CCOCc1ccccc1)C(=O)N1C(=O)OC[C@H]1Cc1ccccc1. The van der Waals surface area contributed by atoms with Gasteiger partial charge in [0.05, 0.1) is 18.7 Å². The lowest BCUT2D eigenvalue weighted by Crippen LogP contribution is -2.49. The molecule has 1 heterocycles. The van der Waals surface area contributed by atoms with Crippen molar-refractivity contribution in [3.05, 3.63) is 71.8 Å². The molecule has 0 radical (unpaired) electrons. The van der Waals surface area contributed by atoms with Crippen molar-refractivity contribution >= 4 is 12.0 Å². The zero-order valence-corrected chi connectivity index (χ0v) is 15.1. The van der Waals surface area contributed by atoms with Gasteiger partial charge in [-0.05, 0) is 24.0 Å². The van der Waals surface area contributed by atoms with E-state index in [2.05, 4.69) is 0 Å². The van der Waals surface area contributed by atoms with Crippen LogP contribution in [0.4, 0.5) is 4.79 Å². The molecule has 6 heteroatoms. The van der Waals surface area contributed by atoms with Crippen molar-refractivity contribution in [2.75, 3.05) is 13.2 Å². The van der Waals surface area contributed by atoms with Crippen LogP contribution in [0.2, 0.25) is 0 Å². The minimum absolute atomic E-state index is 0.191. The van der Waals surface area contributed by atoms with Crippen LogP contribution < -0.4 is 5.73 Å². The van der Waals surface area contributed by atoms with Crippen molar-refractivity contribution in [2.24, 2.45) is 5.73 Å². The Kier molecular flexibility index (Phi) is 6.57. The van der Waals surface area contributed by atoms with Crippen LogP contribution in [-0.4, -0.2) is 42.2 Å². The summed E-state index contributed by atoms with van der Waals surface area (Å²) < 4.78 is 10.7. The number of hydrogen-bond donors (Lipinski definition) is 1. The third-order valence-corrected chi connectivity index (χ3v) is 4.51. The summed E-state index contributed by atoms with van der Waals surface area (Å²) >= 11 is 0. The topological polar surface area (TPSA) is 81.9 Å². The molecule has 2 aromatic rings. The van der Waals surface area contributed by atoms with Gasteiger partial charge in [-0.15, -0.1) is 0 Å². The van der Waals surface area contributed by atoms with Crippen molar-refractivity contribution in [2.45, 2.75) is 31.5 Å². The van der Waals surface area contributed by atoms with E-state index in [0.29, 0.717) is 26.1 Å². The van der Waals surface area contributed by atoms with Gasteiger partial charge >= 0.3 is 6.09 Å². The summed E-state index contributed by atoms with van der Waals surface area (Å²) in [6, 6.07) is 18.3. The van der Waals surface area contributed by atoms with Crippen molar-refractivity contribution in [3.63, 3.8) is 0 Å². The lowest BCUT2D eigenvalue weighted by atomic mass is 10.0. The first-order valence-electron chi connectivity index (χ1n) is 9.06. The number of carbonyl (C=O) groups is 2. The van der Waals surface area contributed by atoms with Gasteiger partial charge in [0.25, 0.3) is 0 Å². The van der Waals surface area contributed by atoms with Crippen LogP contribution in [-0.2, 0) is 27.3 Å². The van der Waals surface area contributed by atoms with E-state index in [-0.39, 0.29) is 12.6 Å². The molecule has 0 aliphatic carbocycles. The maximum absolute atomic E-state index is 12.7. The Bertz CT molecular complexity index is 751. The highest BCUT2D eigenvalue weighted by Gasteiger charge is 2.39. The molecule has 0 unspecified atom stereocenters. The zero-order chi connectivity index (χ0) is 19.1. The normalized spacial score (nSPS) is 17.6. The van der Waals surface area contributed by atoms with Crippen molar-refractivity contribution in [1.29, 1.82) is 0 Å². The summed E-state index contributed by atoms with van der Waals surface area (Å²) in [6.45, 7) is 0.995. The third kappa shape index (κ3) is 5.15. The smallest absolute Gasteiger partial charge is 0.417 e. The molecular formula is C21H24N2O4. The number of benzene rings is 2. The first-order chi connectivity index (χ1) is 13.1. The second-order valence-corrected chi connectivity index (χ2v) is 6.56. The van der Waals surface area contributed by atoms with E-state index in [1.54, 1.807) is 0 Å². The monoisotopic (exact) mass is 368 g/mol. The molecule has 27 heavy (non-hydrogen) atoms. The van der Waals surface area contributed by atoms with Crippen LogP contribution in [0.5, 0.6) is 0 Å². The summed E-state index contributed by atoms with van der Waals surface area (Å²) in [4.78, 5) is 25.9. The summed E-state index contributed by atoms with van der Waals surface area (Å²) in [7, 11) is 0. The highest BCUT2D eigenvalue weighted by Crippen LogP contribution is 2.18. The summed E-state index contributed by atoms with van der Waals surface area (Å²) in [5.74, 6) is -0.415. The van der Waals surface area contributed by atoms with Gasteiger partial charge in [-0.25, -0.2) is 9.69 Å². The number of imide groups is 1. The van der Waals surface area contributed by atoms with Crippen molar-refractivity contribution in [1.82, 2.24) is 4.90 Å². The Labute approximate surface area is 158 Å². The molecule has 2 aromatic carbocycles. The fourth-order valence-electron chi connectivity index (χ4n) is 3.04. The zero-order valence-electron chi connectivity index (χ0n) is 15.1. The number of carbonyl (C=O) groups excluding carboxylic acids is 2. The molecule has 1 aliphatic rings. The Hall–Kier alpha value is -2.70. The molecule has 2 atom stereocenters. The average molecular weight is 368 g/mol. The maximum atomic E-state index is 12.7. The van der Waals surface area contributed by atoms with Gasteiger partial charge in [-0.3, -0.25) is 4.79 Å². The molecule has 0 saturated carbocycles. The molecule has 0 aromatic heterocycles. The largest absolute Gasteiger partial charge is 0.447 e. The summed E-state index contributed by atoms with van der Waals surface area (Å²) in [5, 5.41) is 0. The number of nitrogens with two attached hydrogens (primary N) is 1. The quantitative estimate of drug-likeness (QED) is 0.724. The van der Waals surface area contributed by atoms with Crippen LogP contribution >= 0.6 is 0 Å². The van der Waals surface area contributed by atoms with Gasteiger partial charge in [0.1, 0.15) is 6.61 Å². The molecule has 0 bridgehead atoms. The molecule has 6 nitrogen and oxygen atoms in total. The van der Waals surface area contributed by atoms with E-state index < -0.39 is 18.0 Å². The number of hydrogen-bond acceptors (Lipinski definition) is 5. The lowest BCUT2D eigenvalue weighted by molar-refractivity contribution is -0.131. The molecule has 1 aliphatic heterocycles. The molecule has 0 spiro atoms. The second kappa shape index (κ2) is 9.30. The van der Waals surface area contributed by atoms with Gasteiger partial charge in [0, 0.05) is 6.61 Å². The predicted molar refractivity (Wildman–Crippen MR) is 101 cm³/mol. The fourth-order valence-corrected chi connectivity index (χ4v) is 3.04. The van der Waals surface area contributed by atoms with E-state index in [9.17, 15) is 9.59 Å². The Morgan fingerprint density at radius 3 is 2.41 bits per heavy atom. The predicted octanol–water partition coefficient (Wildman–Crippen LogP) is 2.51. The van der Waals surface area contributed by atoms with E-state index in [1.165, 1.54) is 0 Å². The van der Waals surface area contributed by atoms with Gasteiger partial charge in [-0.2, -0.15) is 0 Å². The lowest BCUT2D eigenvalue weighted by Gasteiger charge is -2.23. The van der Waals surface area contributed by atoms with Crippen molar-refractivity contribution in [3.8, 4) is 0 Å². The van der Waals surface area contributed by atoms with E-state index >= 15 is 0 Å². The van der Waals surface area contributed by atoms with Crippen molar-refractivity contribution < 1.29 is 19.1 Å². The third-order valence-electron chi connectivity index (χ3n) is 4.51. The minimum Gasteiger partial charge on any atom is -0.447 e. The van der Waals surface area contributed by atoms with Crippen LogP contribution in [0.3, 0.4) is 0 Å². The Morgan fingerprint density at radius 2 is 1.74 bits per heavy atom. The summed E-state index contributed by atoms with van der Waals surface area (Å²) in [6.07, 6.45) is 0.268. The first-order valence-corrected chi connectivity index (χ1v) is 9.06. The number of ether oxygens (including phenoxy) is 2. The first kappa shape index (κ1) is 19.1. The molecule has 2 N–H and O–H groups in total. The molecule has 1 fully saturated rings. The summed E-state index contributed by atoms with van der Waals surface area (Å²) in [5.41, 5.74) is 8.11.